The molecule has 2 aromatic rings. The maximum absolute atomic E-state index is 5.23. The highest BCUT2D eigenvalue weighted by Crippen LogP contribution is 2.25. The number of ether oxygens (including phenoxy) is 1. The lowest BCUT2D eigenvalue weighted by Gasteiger charge is -2.06. The summed E-state index contributed by atoms with van der Waals surface area (Å²) in [7, 11) is 1.66. The number of rotatable bonds is 7. The van der Waals surface area contributed by atoms with Crippen LogP contribution >= 0.6 is 15.9 Å². The Morgan fingerprint density at radius 3 is 2.86 bits per heavy atom. The quantitative estimate of drug-likeness (QED) is 0.832. The van der Waals surface area contributed by atoms with Gasteiger partial charge in [0.15, 0.2) is 0 Å². The number of hydrogen-bond donors (Lipinski definition) is 1. The van der Waals surface area contributed by atoms with Crippen molar-refractivity contribution in [3.8, 4) is 5.75 Å². The first-order chi connectivity index (χ1) is 10.1. The van der Waals surface area contributed by atoms with Gasteiger partial charge in [-0.2, -0.15) is 0 Å². The van der Waals surface area contributed by atoms with Crippen molar-refractivity contribution in [2.24, 2.45) is 5.92 Å². The average molecular weight is 353 g/mol. The van der Waals surface area contributed by atoms with Crippen molar-refractivity contribution in [3.63, 3.8) is 0 Å². The van der Waals surface area contributed by atoms with Gasteiger partial charge in [0.1, 0.15) is 5.75 Å². The summed E-state index contributed by atoms with van der Waals surface area (Å²) in [4.78, 5) is 0. The van der Waals surface area contributed by atoms with Crippen molar-refractivity contribution in [2.75, 3.05) is 13.7 Å². The number of nitrogens with one attached hydrogen (secondary N) is 1. The Morgan fingerprint density at radius 1 is 1.38 bits per heavy atom. The van der Waals surface area contributed by atoms with Crippen LogP contribution in [0.3, 0.4) is 0 Å². The predicted molar refractivity (Wildman–Crippen MR) is 86.4 cm³/mol. The van der Waals surface area contributed by atoms with Crippen molar-refractivity contribution in [3.05, 3.63) is 40.1 Å². The average Bonchev–Trinajstić information content (AvgIpc) is 2.86. The smallest absolute Gasteiger partial charge is 0.133 e. The Morgan fingerprint density at radius 2 is 2.19 bits per heavy atom. The topological polar surface area (TPSA) is 52.0 Å². The van der Waals surface area contributed by atoms with Gasteiger partial charge in [-0.15, -0.1) is 5.10 Å². The van der Waals surface area contributed by atoms with Crippen LogP contribution in [0.4, 0.5) is 0 Å². The second kappa shape index (κ2) is 7.56. The fourth-order valence-electron chi connectivity index (χ4n) is 1.98. The van der Waals surface area contributed by atoms with Crippen LogP contribution in [0.2, 0.25) is 0 Å². The molecule has 0 atom stereocenters. The number of hydrogen-bond acceptors (Lipinski definition) is 4. The van der Waals surface area contributed by atoms with Gasteiger partial charge in [0.25, 0.3) is 0 Å². The molecule has 0 aliphatic rings. The molecule has 1 aromatic carbocycles. The molecular weight excluding hydrogens is 332 g/mol. The molecule has 0 bridgehead atoms. The molecule has 0 radical (unpaired) electrons. The molecule has 1 aromatic heterocycles. The summed E-state index contributed by atoms with van der Waals surface area (Å²) in [6, 6.07) is 6.01. The van der Waals surface area contributed by atoms with Crippen LogP contribution in [0.5, 0.6) is 5.75 Å². The zero-order valence-electron chi connectivity index (χ0n) is 12.6. The van der Waals surface area contributed by atoms with E-state index in [0.717, 1.165) is 34.6 Å². The van der Waals surface area contributed by atoms with E-state index in [1.165, 1.54) is 0 Å². The van der Waals surface area contributed by atoms with Crippen molar-refractivity contribution in [2.45, 2.75) is 26.9 Å². The molecule has 5 nitrogen and oxygen atoms in total. The molecule has 0 aliphatic carbocycles. The van der Waals surface area contributed by atoms with E-state index in [-0.39, 0.29) is 0 Å². The first-order valence-corrected chi connectivity index (χ1v) is 7.80. The van der Waals surface area contributed by atoms with Crippen LogP contribution in [0.25, 0.3) is 0 Å². The Bertz CT molecular complexity index is 583. The number of halogens is 1. The number of methoxy groups -OCH3 is 1. The lowest BCUT2D eigenvalue weighted by molar-refractivity contribution is 0.412. The van der Waals surface area contributed by atoms with Crippen LogP contribution in [-0.2, 0) is 13.1 Å². The number of benzene rings is 1. The minimum absolute atomic E-state index is 0.636. The van der Waals surface area contributed by atoms with Crippen LogP contribution in [0.1, 0.15) is 25.1 Å². The third-order valence-electron chi connectivity index (χ3n) is 3.01. The van der Waals surface area contributed by atoms with Crippen molar-refractivity contribution in [1.82, 2.24) is 20.3 Å². The molecule has 0 saturated heterocycles. The van der Waals surface area contributed by atoms with Gasteiger partial charge in [-0.25, -0.2) is 4.68 Å². The third kappa shape index (κ3) is 4.82. The minimum atomic E-state index is 0.636. The fraction of sp³-hybridized carbons (Fsp3) is 0.467. The molecule has 1 N–H and O–H groups in total. The van der Waals surface area contributed by atoms with Gasteiger partial charge in [-0.1, -0.05) is 25.1 Å². The summed E-state index contributed by atoms with van der Waals surface area (Å²) in [5.41, 5.74) is 2.11. The van der Waals surface area contributed by atoms with Gasteiger partial charge in [0, 0.05) is 6.54 Å². The van der Waals surface area contributed by atoms with E-state index >= 15 is 0 Å². The van der Waals surface area contributed by atoms with E-state index in [9.17, 15) is 0 Å². The third-order valence-corrected chi connectivity index (χ3v) is 3.63. The SMILES string of the molecule is COc1ccc(Cn2cc(CNCC(C)C)nn2)cc1Br. The van der Waals surface area contributed by atoms with Crippen LogP contribution < -0.4 is 10.1 Å². The van der Waals surface area contributed by atoms with E-state index in [1.807, 2.05) is 29.1 Å². The zero-order chi connectivity index (χ0) is 15.2. The fourth-order valence-corrected chi connectivity index (χ4v) is 2.57. The van der Waals surface area contributed by atoms with Gasteiger partial charge in [-0.3, -0.25) is 0 Å². The first-order valence-electron chi connectivity index (χ1n) is 7.00. The first kappa shape index (κ1) is 16.0. The molecule has 0 aliphatic heterocycles. The molecule has 0 saturated carbocycles. The summed E-state index contributed by atoms with van der Waals surface area (Å²) >= 11 is 3.49. The van der Waals surface area contributed by atoms with Crippen LogP contribution in [0.15, 0.2) is 28.9 Å². The second-order valence-corrected chi connectivity index (χ2v) is 6.26. The van der Waals surface area contributed by atoms with Crippen LogP contribution in [0, 0.1) is 5.92 Å². The highest BCUT2D eigenvalue weighted by atomic mass is 79.9. The summed E-state index contributed by atoms with van der Waals surface area (Å²) in [5.74, 6) is 1.47. The standard InChI is InChI=1S/C15H21BrN4O/c1-11(2)7-17-8-13-10-20(19-18-13)9-12-4-5-15(21-3)14(16)6-12/h4-6,10-11,17H,7-9H2,1-3H3. The van der Waals surface area contributed by atoms with E-state index in [0.29, 0.717) is 12.5 Å². The van der Waals surface area contributed by atoms with Gasteiger partial charge in [0.05, 0.1) is 30.0 Å². The zero-order valence-corrected chi connectivity index (χ0v) is 14.2. The molecule has 0 fully saturated rings. The molecule has 0 unspecified atom stereocenters. The summed E-state index contributed by atoms with van der Waals surface area (Å²) in [6.07, 6.45) is 1.98. The maximum atomic E-state index is 5.23. The normalized spacial score (nSPS) is 11.1. The monoisotopic (exact) mass is 352 g/mol. The Hall–Kier alpha value is -1.40. The highest BCUT2D eigenvalue weighted by molar-refractivity contribution is 9.10. The lowest BCUT2D eigenvalue weighted by atomic mass is 10.2. The molecule has 114 valence electrons. The summed E-state index contributed by atoms with van der Waals surface area (Å²) < 4.78 is 8.02. The largest absolute Gasteiger partial charge is 0.496 e. The second-order valence-electron chi connectivity index (χ2n) is 5.40. The predicted octanol–water partition coefficient (Wildman–Crippen LogP) is 2.84. The van der Waals surface area contributed by atoms with Crippen molar-refractivity contribution >= 4 is 15.9 Å². The minimum Gasteiger partial charge on any atom is -0.496 e. The maximum Gasteiger partial charge on any atom is 0.133 e. The molecule has 1 heterocycles. The molecular formula is C15H21BrN4O. The Kier molecular flexibility index (Phi) is 5.76. The van der Waals surface area contributed by atoms with Crippen LogP contribution in [-0.4, -0.2) is 28.6 Å². The number of nitrogens with zero attached hydrogens (tertiary/aromatic N) is 3. The highest BCUT2D eigenvalue weighted by Gasteiger charge is 2.05. The van der Waals surface area contributed by atoms with Gasteiger partial charge in [-0.05, 0) is 46.1 Å². The van der Waals surface area contributed by atoms with E-state index in [4.69, 9.17) is 4.74 Å². The Balaban J connectivity index is 1.94. The van der Waals surface area contributed by atoms with E-state index < -0.39 is 0 Å². The summed E-state index contributed by atoms with van der Waals surface area (Å²) in [5, 5.41) is 11.7. The molecule has 21 heavy (non-hydrogen) atoms. The van der Waals surface area contributed by atoms with Crippen molar-refractivity contribution in [1.29, 1.82) is 0 Å². The summed E-state index contributed by atoms with van der Waals surface area (Å²) in [6.45, 7) is 6.80. The molecule has 0 amide bonds. The van der Waals surface area contributed by atoms with E-state index in [1.54, 1.807) is 7.11 Å². The molecule has 0 spiro atoms. The number of aromatic nitrogens is 3. The van der Waals surface area contributed by atoms with Gasteiger partial charge in [0.2, 0.25) is 0 Å². The lowest BCUT2D eigenvalue weighted by Crippen LogP contribution is -2.19. The molecule has 6 heteroatoms. The molecule has 2 rings (SSSR count). The van der Waals surface area contributed by atoms with E-state index in [2.05, 4.69) is 45.4 Å². The Labute approximate surface area is 133 Å². The van der Waals surface area contributed by atoms with Gasteiger partial charge >= 0.3 is 0 Å². The van der Waals surface area contributed by atoms with Gasteiger partial charge < -0.3 is 10.1 Å². The van der Waals surface area contributed by atoms with Crippen molar-refractivity contribution < 1.29 is 4.74 Å².